The number of ketones is 2. The number of fused-ring (bicyclic) bond motifs is 1. The molecule has 0 heterocycles. The Morgan fingerprint density at radius 3 is 2.13 bits per heavy atom. The van der Waals surface area contributed by atoms with Crippen molar-refractivity contribution >= 4 is 17.6 Å². The third kappa shape index (κ3) is 3.07. The van der Waals surface area contributed by atoms with Gasteiger partial charge in [-0.3, -0.25) is 9.59 Å². The fourth-order valence-electron chi connectivity index (χ4n) is 4.36. The molecule has 1 unspecified atom stereocenters. The number of carbonyl (C=O) groups is 2. The minimum Gasteiger partial charge on any atom is -0.293 e. The first-order valence-corrected chi connectivity index (χ1v) is 10.1. The van der Waals surface area contributed by atoms with Gasteiger partial charge >= 0.3 is 0 Å². The van der Waals surface area contributed by atoms with Crippen LogP contribution in [-0.4, -0.2) is 11.6 Å². The van der Waals surface area contributed by atoms with Crippen LogP contribution < -0.4 is 0 Å². The van der Waals surface area contributed by atoms with Gasteiger partial charge in [-0.2, -0.15) is 0 Å². The molecule has 144 valence electrons. The van der Waals surface area contributed by atoms with E-state index < -0.39 is 5.92 Å². The standard InChI is InChI=1S/C28H20O2/c29-27(20-12-3-1-4-13-20)23-17-9-16-22-18-24(19-10-7-8-11-19)26(25(22)23)28(30)21-14-5-2-6-15-21/h1-10,12-18,26H,11H2. The molecule has 0 bridgehead atoms. The van der Waals surface area contributed by atoms with Crippen molar-refractivity contribution in [2.45, 2.75) is 12.3 Å². The summed E-state index contributed by atoms with van der Waals surface area (Å²) in [6.07, 6.45) is 9.09. The van der Waals surface area contributed by atoms with Gasteiger partial charge in [0.25, 0.3) is 0 Å². The van der Waals surface area contributed by atoms with E-state index in [2.05, 4.69) is 18.2 Å². The van der Waals surface area contributed by atoms with Gasteiger partial charge in [0.1, 0.15) is 0 Å². The van der Waals surface area contributed by atoms with Gasteiger partial charge in [-0.1, -0.05) is 103 Å². The summed E-state index contributed by atoms with van der Waals surface area (Å²) in [6, 6.07) is 24.4. The molecule has 5 rings (SSSR count). The topological polar surface area (TPSA) is 34.1 Å². The number of benzene rings is 3. The second-order valence-corrected chi connectivity index (χ2v) is 7.59. The molecule has 0 N–H and O–H groups in total. The van der Waals surface area contributed by atoms with Crippen molar-refractivity contribution in [1.82, 2.24) is 0 Å². The Morgan fingerprint density at radius 1 is 0.767 bits per heavy atom. The van der Waals surface area contributed by atoms with E-state index in [0.717, 1.165) is 28.7 Å². The van der Waals surface area contributed by atoms with Gasteiger partial charge in [-0.25, -0.2) is 0 Å². The van der Waals surface area contributed by atoms with E-state index in [1.807, 2.05) is 84.9 Å². The largest absolute Gasteiger partial charge is 0.293 e. The van der Waals surface area contributed by atoms with Gasteiger partial charge in [0.15, 0.2) is 11.6 Å². The predicted octanol–water partition coefficient (Wildman–Crippen LogP) is 6.17. The van der Waals surface area contributed by atoms with E-state index in [-0.39, 0.29) is 11.6 Å². The lowest BCUT2D eigenvalue weighted by molar-refractivity contribution is 0.0973. The molecule has 0 fully saturated rings. The maximum absolute atomic E-state index is 13.7. The second-order valence-electron chi connectivity index (χ2n) is 7.59. The van der Waals surface area contributed by atoms with E-state index >= 15 is 0 Å². The van der Waals surface area contributed by atoms with Crippen molar-refractivity contribution < 1.29 is 9.59 Å². The average molecular weight is 388 g/mol. The molecule has 0 saturated heterocycles. The lowest BCUT2D eigenvalue weighted by Gasteiger charge is -2.19. The Kier molecular flexibility index (Phi) is 4.61. The number of carbonyl (C=O) groups excluding carboxylic acids is 2. The molecule has 0 radical (unpaired) electrons. The average Bonchev–Trinajstić information content (AvgIpc) is 3.47. The van der Waals surface area contributed by atoms with Crippen LogP contribution in [0.5, 0.6) is 0 Å². The molecule has 0 spiro atoms. The van der Waals surface area contributed by atoms with Crippen LogP contribution in [0.4, 0.5) is 0 Å². The van der Waals surface area contributed by atoms with Gasteiger partial charge < -0.3 is 0 Å². The minimum atomic E-state index is -0.475. The lowest BCUT2D eigenvalue weighted by Crippen LogP contribution is -2.18. The van der Waals surface area contributed by atoms with Crippen molar-refractivity contribution in [2.75, 3.05) is 0 Å². The molecule has 3 aromatic rings. The molecule has 1 atom stereocenters. The van der Waals surface area contributed by atoms with Crippen LogP contribution in [-0.2, 0) is 0 Å². The summed E-state index contributed by atoms with van der Waals surface area (Å²) >= 11 is 0. The first-order chi connectivity index (χ1) is 14.7. The maximum Gasteiger partial charge on any atom is 0.193 e. The Morgan fingerprint density at radius 2 is 1.47 bits per heavy atom. The fraction of sp³-hybridized carbons (Fsp3) is 0.0714. The van der Waals surface area contributed by atoms with Gasteiger partial charge in [-0.15, -0.1) is 0 Å². The van der Waals surface area contributed by atoms with Crippen LogP contribution in [0.25, 0.3) is 6.08 Å². The zero-order valence-corrected chi connectivity index (χ0v) is 16.4. The zero-order valence-electron chi connectivity index (χ0n) is 16.4. The van der Waals surface area contributed by atoms with Crippen LogP contribution in [0, 0.1) is 0 Å². The molecule has 0 saturated carbocycles. The molecule has 2 nitrogen and oxygen atoms in total. The predicted molar refractivity (Wildman–Crippen MR) is 120 cm³/mol. The summed E-state index contributed by atoms with van der Waals surface area (Å²) in [5, 5.41) is 0. The van der Waals surface area contributed by atoms with Crippen LogP contribution >= 0.6 is 0 Å². The Balaban J connectivity index is 1.66. The van der Waals surface area contributed by atoms with Gasteiger partial charge in [0, 0.05) is 16.7 Å². The van der Waals surface area contributed by atoms with Gasteiger partial charge in [-0.05, 0) is 28.7 Å². The Bertz CT molecular complexity index is 1230. The number of Topliss-reactive ketones (excluding diaryl/α,β-unsaturated/α-hetero) is 1. The highest BCUT2D eigenvalue weighted by Gasteiger charge is 2.36. The highest BCUT2D eigenvalue weighted by Crippen LogP contribution is 2.45. The van der Waals surface area contributed by atoms with Crippen molar-refractivity contribution in [2.24, 2.45) is 0 Å². The van der Waals surface area contributed by atoms with Crippen molar-refractivity contribution in [3.8, 4) is 0 Å². The molecule has 30 heavy (non-hydrogen) atoms. The molecule has 0 aliphatic heterocycles. The number of allylic oxidation sites excluding steroid dienone is 5. The lowest BCUT2D eigenvalue weighted by atomic mass is 9.81. The van der Waals surface area contributed by atoms with Crippen molar-refractivity contribution in [1.29, 1.82) is 0 Å². The van der Waals surface area contributed by atoms with E-state index in [0.29, 0.717) is 16.7 Å². The summed E-state index contributed by atoms with van der Waals surface area (Å²) in [6.45, 7) is 0. The van der Waals surface area contributed by atoms with Crippen LogP contribution in [0.1, 0.15) is 49.7 Å². The van der Waals surface area contributed by atoms with Gasteiger partial charge in [0.2, 0.25) is 0 Å². The normalized spacial score (nSPS) is 16.7. The maximum atomic E-state index is 13.7. The summed E-state index contributed by atoms with van der Waals surface area (Å²) in [4.78, 5) is 27.1. The number of hydrogen-bond donors (Lipinski definition) is 0. The van der Waals surface area contributed by atoms with Crippen molar-refractivity contribution in [3.05, 3.63) is 136 Å². The number of rotatable bonds is 5. The molecule has 3 aromatic carbocycles. The molecule has 2 aliphatic rings. The molecule has 2 heteroatoms. The van der Waals surface area contributed by atoms with E-state index in [1.54, 1.807) is 0 Å². The SMILES string of the molecule is O=C(c1ccccc1)c1cccc2c1C(C(=O)c1ccccc1)C(C1=CC=CC1)=C2. The summed E-state index contributed by atoms with van der Waals surface area (Å²) in [5.41, 5.74) is 5.81. The smallest absolute Gasteiger partial charge is 0.193 e. The third-order valence-electron chi connectivity index (χ3n) is 5.79. The second kappa shape index (κ2) is 7.57. The van der Waals surface area contributed by atoms with Crippen LogP contribution in [0.15, 0.2) is 108 Å². The van der Waals surface area contributed by atoms with Crippen molar-refractivity contribution in [3.63, 3.8) is 0 Å². The summed E-state index contributed by atoms with van der Waals surface area (Å²) < 4.78 is 0. The molecular formula is C28H20O2. The van der Waals surface area contributed by atoms with Crippen LogP contribution in [0.2, 0.25) is 0 Å². The fourth-order valence-corrected chi connectivity index (χ4v) is 4.36. The van der Waals surface area contributed by atoms with Gasteiger partial charge in [0.05, 0.1) is 5.92 Å². The first kappa shape index (κ1) is 18.3. The van der Waals surface area contributed by atoms with Crippen LogP contribution in [0.3, 0.4) is 0 Å². The molecule has 0 aromatic heterocycles. The minimum absolute atomic E-state index is 0.0294. The monoisotopic (exact) mass is 388 g/mol. The zero-order chi connectivity index (χ0) is 20.5. The molecule has 0 amide bonds. The highest BCUT2D eigenvalue weighted by molar-refractivity contribution is 6.14. The summed E-state index contributed by atoms with van der Waals surface area (Å²) in [7, 11) is 0. The molecular weight excluding hydrogens is 368 g/mol. The number of hydrogen-bond acceptors (Lipinski definition) is 2. The van der Waals surface area contributed by atoms with E-state index in [1.165, 1.54) is 0 Å². The Hall–Kier alpha value is -3.78. The quantitative estimate of drug-likeness (QED) is 0.490. The Labute approximate surface area is 175 Å². The third-order valence-corrected chi connectivity index (χ3v) is 5.79. The highest BCUT2D eigenvalue weighted by atomic mass is 16.1. The molecule has 2 aliphatic carbocycles. The van der Waals surface area contributed by atoms with E-state index in [9.17, 15) is 9.59 Å². The summed E-state index contributed by atoms with van der Waals surface area (Å²) in [5.74, 6) is -0.495. The first-order valence-electron chi connectivity index (χ1n) is 10.1. The van der Waals surface area contributed by atoms with E-state index in [4.69, 9.17) is 0 Å².